The quantitative estimate of drug-likeness (QED) is 0.0925. The van der Waals surface area contributed by atoms with Gasteiger partial charge in [0.15, 0.2) is 0 Å². The van der Waals surface area contributed by atoms with Crippen molar-refractivity contribution >= 4 is 24.6 Å². The summed E-state index contributed by atoms with van der Waals surface area (Å²) in [5.74, 6) is -11.1. The molecule has 1 aromatic heterocycles. The molecule has 4 aromatic carbocycles. The maximum absolute atomic E-state index is 14.5. The maximum Gasteiger partial charge on any atom is 0.598 e. The smallest absolute Gasteiger partial charge is 0.385 e. The van der Waals surface area contributed by atoms with Crippen molar-refractivity contribution < 1.29 is 53.2 Å². The molecular weight excluding hydrogens is 825 g/mol. The van der Waals surface area contributed by atoms with Gasteiger partial charge in [0.1, 0.15) is 13.2 Å². The van der Waals surface area contributed by atoms with Gasteiger partial charge in [-0.3, -0.25) is 0 Å². The van der Waals surface area contributed by atoms with Gasteiger partial charge >= 0.3 is 31.5 Å². The van der Waals surface area contributed by atoms with Crippen LogP contribution >= 0.6 is 0 Å². The van der Waals surface area contributed by atoms with Crippen LogP contribution in [0.2, 0.25) is 0 Å². The predicted molar refractivity (Wildman–Crippen MR) is 223 cm³/mol. The molecule has 6 rings (SSSR count). The molecule has 0 radical (unpaired) electrons. The van der Waals surface area contributed by atoms with Crippen LogP contribution in [0.5, 0.6) is 0 Å². The van der Waals surface area contributed by atoms with Gasteiger partial charge in [-0.2, -0.15) is 43.9 Å². The highest BCUT2D eigenvalue weighted by Gasteiger charge is 2.60. The molecule has 0 fully saturated rings. The Bertz CT molecular complexity index is 2410. The van der Waals surface area contributed by atoms with Crippen LogP contribution in [0.3, 0.4) is 0 Å². The van der Waals surface area contributed by atoms with E-state index in [9.17, 15) is 43.9 Å². The normalized spacial score (nSPS) is 14.9. The molecule has 1 aliphatic rings. The number of aliphatic imine (C=N–C) groups is 1. The summed E-state index contributed by atoms with van der Waals surface area (Å²) in [6, 6.07) is 33.0. The van der Waals surface area contributed by atoms with Gasteiger partial charge in [-0.1, -0.05) is 151 Å². The number of hydrogen-bond acceptors (Lipinski definition) is 3. The van der Waals surface area contributed by atoms with E-state index in [1.165, 1.54) is 24.3 Å². The Morgan fingerprint density at radius 1 is 0.548 bits per heavy atom. The lowest BCUT2D eigenvalue weighted by Gasteiger charge is -2.26. The first kappa shape index (κ1) is 46.1. The van der Waals surface area contributed by atoms with Crippen LogP contribution in [0, 0.1) is 0 Å². The molecular formula is C47H43BF10N2O2. The summed E-state index contributed by atoms with van der Waals surface area (Å²) in [5.41, 5.74) is 5.21. The maximum atomic E-state index is 14.5. The highest BCUT2D eigenvalue weighted by atomic mass is 19.4. The average molecular weight is 869 g/mol. The van der Waals surface area contributed by atoms with Crippen molar-refractivity contribution in [3.05, 3.63) is 155 Å². The predicted octanol–water partition coefficient (Wildman–Crippen LogP) is 13.6. The molecule has 5 aromatic rings. The van der Waals surface area contributed by atoms with E-state index < -0.39 is 44.7 Å². The first-order chi connectivity index (χ1) is 28.8. The van der Waals surface area contributed by atoms with Crippen LogP contribution < -0.4 is 0 Å². The molecule has 62 heavy (non-hydrogen) atoms. The van der Waals surface area contributed by atoms with Crippen molar-refractivity contribution in [1.82, 2.24) is 4.48 Å². The molecule has 0 unspecified atom stereocenters. The Hall–Kier alpha value is -5.41. The molecule has 2 heterocycles. The lowest BCUT2D eigenvalue weighted by molar-refractivity contribution is -0.295. The van der Waals surface area contributed by atoms with E-state index >= 15 is 0 Å². The Labute approximate surface area is 353 Å². The van der Waals surface area contributed by atoms with Gasteiger partial charge in [-0.15, -0.1) is 0 Å². The van der Waals surface area contributed by atoms with Crippen LogP contribution in [-0.2, 0) is 20.1 Å². The Morgan fingerprint density at radius 2 is 0.984 bits per heavy atom. The van der Waals surface area contributed by atoms with Crippen molar-refractivity contribution in [1.29, 1.82) is 0 Å². The number of aromatic nitrogens is 1. The molecule has 0 saturated heterocycles. The van der Waals surface area contributed by atoms with E-state index in [-0.39, 0.29) is 39.0 Å². The minimum atomic E-state index is -6.17. The molecule has 4 nitrogen and oxygen atoms in total. The minimum absolute atomic E-state index is 0.0352. The monoisotopic (exact) mass is 868 g/mol. The number of rotatable bonds is 12. The molecule has 0 saturated carbocycles. The second kappa shape index (κ2) is 17.0. The summed E-state index contributed by atoms with van der Waals surface area (Å²) in [6.07, 6.45) is -9.07. The standard InChI is InChI=1S/C47H43BF10N2O2/c1-42(2,3)34-21-17-31(18-22-34)36-25-38(32-19-23-35(24-20-32)43(4,5)6)59-39(36)27-41-37(30-13-9-7-10-14-30)26-40(33-15-11-8-12-16-33)60(41)48(61-28-44(49,50)46(53,54)55)62-29-45(51,52)47(56,57)58/h7-27H,28-29H2,1-6H3/b39-27-. The largest absolute Gasteiger partial charge is 0.598 e. The van der Waals surface area contributed by atoms with Gasteiger partial charge in [-0.25, -0.2) is 4.99 Å². The third kappa shape index (κ3) is 10.1. The molecule has 0 spiro atoms. The fourth-order valence-electron chi connectivity index (χ4n) is 6.65. The number of halogens is 10. The van der Waals surface area contributed by atoms with Gasteiger partial charge in [0.05, 0.1) is 11.4 Å². The van der Waals surface area contributed by atoms with Crippen LogP contribution in [0.1, 0.15) is 69.5 Å². The Balaban J connectivity index is 1.65. The number of nitrogens with zero attached hydrogens (tertiary/aromatic N) is 2. The Kier molecular flexibility index (Phi) is 12.7. The van der Waals surface area contributed by atoms with E-state index in [0.717, 1.165) is 15.6 Å². The summed E-state index contributed by atoms with van der Waals surface area (Å²) in [7, 11) is -2.70. The molecule has 0 atom stereocenters. The lowest BCUT2D eigenvalue weighted by atomic mass is 9.86. The van der Waals surface area contributed by atoms with Gasteiger partial charge in [0.2, 0.25) is 0 Å². The zero-order valence-corrected chi connectivity index (χ0v) is 34.6. The van der Waals surface area contributed by atoms with Crippen molar-refractivity contribution in [2.45, 2.75) is 76.6 Å². The van der Waals surface area contributed by atoms with Crippen LogP contribution in [0.4, 0.5) is 43.9 Å². The van der Waals surface area contributed by atoms with E-state index in [1.807, 2.05) is 75.4 Å². The third-order valence-corrected chi connectivity index (χ3v) is 10.3. The molecule has 0 N–H and O–H groups in total. The molecule has 1 aliphatic heterocycles. The van der Waals surface area contributed by atoms with Crippen LogP contribution in [-0.4, -0.2) is 54.9 Å². The molecule has 0 bridgehead atoms. The fourth-order valence-corrected chi connectivity index (χ4v) is 6.65. The van der Waals surface area contributed by atoms with E-state index in [4.69, 9.17) is 14.3 Å². The van der Waals surface area contributed by atoms with Gasteiger partial charge in [-0.05, 0) is 56.9 Å². The van der Waals surface area contributed by atoms with E-state index in [0.29, 0.717) is 28.0 Å². The molecule has 0 amide bonds. The SMILES string of the molecule is CC(C)(C)c1ccc(C2=CC(c3ccc(C(C)(C)C)cc3)=N/C2=C\c2c(-c3ccccc3)cc(-c3ccccc3)n2B(OCC(F)(F)C(F)(F)F)OCC(F)(F)C(F)(F)F)cc1. The van der Waals surface area contributed by atoms with Gasteiger partial charge in [0, 0.05) is 28.1 Å². The van der Waals surface area contributed by atoms with E-state index in [1.54, 1.807) is 48.5 Å². The summed E-state index contributed by atoms with van der Waals surface area (Å²) in [5, 5.41) is 0. The van der Waals surface area contributed by atoms with Crippen molar-refractivity contribution in [2.24, 2.45) is 4.99 Å². The van der Waals surface area contributed by atoms with Crippen LogP contribution in [0.25, 0.3) is 34.0 Å². The fraction of sp³-hybridized carbons (Fsp3) is 0.298. The van der Waals surface area contributed by atoms with Crippen molar-refractivity contribution in [3.8, 4) is 22.4 Å². The molecule has 0 aliphatic carbocycles. The van der Waals surface area contributed by atoms with Gasteiger partial charge in [0.25, 0.3) is 0 Å². The van der Waals surface area contributed by atoms with Gasteiger partial charge < -0.3 is 13.8 Å². The summed E-state index contributed by atoms with van der Waals surface area (Å²) < 4.78 is 150. The first-order valence-electron chi connectivity index (χ1n) is 19.5. The van der Waals surface area contributed by atoms with Crippen LogP contribution in [0.15, 0.2) is 132 Å². The zero-order chi connectivity index (χ0) is 45.5. The first-order valence-corrected chi connectivity index (χ1v) is 19.5. The summed E-state index contributed by atoms with van der Waals surface area (Å²) >= 11 is 0. The number of alkyl halides is 10. The number of hydrogen-bond donors (Lipinski definition) is 0. The average Bonchev–Trinajstić information content (AvgIpc) is 3.79. The Morgan fingerprint density at radius 3 is 1.42 bits per heavy atom. The second-order valence-corrected chi connectivity index (χ2v) is 17.0. The zero-order valence-electron chi connectivity index (χ0n) is 34.6. The number of benzene rings is 4. The van der Waals surface area contributed by atoms with E-state index in [2.05, 4.69) is 20.8 Å². The lowest BCUT2D eigenvalue weighted by Crippen LogP contribution is -2.48. The number of allylic oxidation sites excluding steroid dienone is 2. The van der Waals surface area contributed by atoms with Crippen molar-refractivity contribution in [3.63, 3.8) is 0 Å². The second-order valence-electron chi connectivity index (χ2n) is 17.0. The van der Waals surface area contributed by atoms with Crippen molar-refractivity contribution in [2.75, 3.05) is 13.2 Å². The minimum Gasteiger partial charge on any atom is -0.385 e. The summed E-state index contributed by atoms with van der Waals surface area (Å²) in [4.78, 5) is 4.98. The highest BCUT2D eigenvalue weighted by Crippen LogP contribution is 2.42. The topological polar surface area (TPSA) is 35.8 Å². The third-order valence-electron chi connectivity index (χ3n) is 10.3. The highest BCUT2D eigenvalue weighted by molar-refractivity contribution is 6.44. The summed E-state index contributed by atoms with van der Waals surface area (Å²) in [6.45, 7) is 7.35. The molecule has 15 heteroatoms. The molecule has 326 valence electrons.